The van der Waals surface area contributed by atoms with Crippen LogP contribution in [0.1, 0.15) is 19.4 Å². The lowest BCUT2D eigenvalue weighted by Crippen LogP contribution is -2.36. The molecule has 1 aliphatic rings. The SMILES string of the molecule is CC.Cc1ccc(-c2cnnc(Nc3cc(N4CCOCC4)ncc3F)c2)cc1. The summed E-state index contributed by atoms with van der Waals surface area (Å²) in [4.78, 5) is 6.27. The Bertz CT molecular complexity index is 927. The third-order valence-electron chi connectivity index (χ3n) is 4.48. The lowest BCUT2D eigenvalue weighted by Gasteiger charge is -2.28. The molecule has 0 amide bonds. The molecular weight excluding hydrogens is 369 g/mol. The number of hydrogen-bond donors (Lipinski definition) is 1. The molecule has 1 N–H and O–H groups in total. The lowest BCUT2D eigenvalue weighted by molar-refractivity contribution is 0.122. The Balaban J connectivity index is 0.00000117. The van der Waals surface area contributed by atoms with E-state index in [9.17, 15) is 4.39 Å². The van der Waals surface area contributed by atoms with Gasteiger partial charge in [-0.3, -0.25) is 0 Å². The molecule has 7 heteroatoms. The van der Waals surface area contributed by atoms with Crippen LogP contribution in [0.2, 0.25) is 0 Å². The number of hydrogen-bond acceptors (Lipinski definition) is 6. The van der Waals surface area contributed by atoms with E-state index in [1.54, 1.807) is 12.3 Å². The number of pyridine rings is 1. The van der Waals surface area contributed by atoms with Gasteiger partial charge in [-0.15, -0.1) is 5.10 Å². The molecule has 4 rings (SSSR count). The van der Waals surface area contributed by atoms with Crippen molar-refractivity contribution in [1.29, 1.82) is 0 Å². The molecule has 1 saturated heterocycles. The van der Waals surface area contributed by atoms with Crippen LogP contribution in [-0.2, 0) is 4.74 Å². The minimum atomic E-state index is -0.436. The Kier molecular flexibility index (Phi) is 7.08. The fourth-order valence-electron chi connectivity index (χ4n) is 2.96. The highest BCUT2D eigenvalue weighted by atomic mass is 19.1. The van der Waals surface area contributed by atoms with Crippen LogP contribution in [-0.4, -0.2) is 41.5 Å². The smallest absolute Gasteiger partial charge is 0.165 e. The van der Waals surface area contributed by atoms with Crippen LogP contribution in [0.3, 0.4) is 0 Å². The first-order chi connectivity index (χ1) is 14.2. The topological polar surface area (TPSA) is 63.2 Å². The Hall–Kier alpha value is -3.06. The largest absolute Gasteiger partial charge is 0.378 e. The van der Waals surface area contributed by atoms with Gasteiger partial charge in [0, 0.05) is 24.7 Å². The molecular formula is C22H26FN5O. The highest BCUT2D eigenvalue weighted by Crippen LogP contribution is 2.26. The van der Waals surface area contributed by atoms with Crippen molar-refractivity contribution < 1.29 is 9.13 Å². The zero-order chi connectivity index (χ0) is 20.6. The van der Waals surface area contributed by atoms with Crippen LogP contribution < -0.4 is 10.2 Å². The van der Waals surface area contributed by atoms with Crippen LogP contribution in [0.15, 0.2) is 48.8 Å². The average Bonchev–Trinajstić information content (AvgIpc) is 2.78. The number of rotatable bonds is 4. The maximum absolute atomic E-state index is 14.3. The maximum Gasteiger partial charge on any atom is 0.165 e. The number of morpholine rings is 1. The molecule has 29 heavy (non-hydrogen) atoms. The summed E-state index contributed by atoms with van der Waals surface area (Å²) in [5.41, 5.74) is 3.45. The van der Waals surface area contributed by atoms with Crippen molar-refractivity contribution in [3.05, 3.63) is 60.2 Å². The highest BCUT2D eigenvalue weighted by molar-refractivity contribution is 5.68. The number of ether oxygens (including phenoxy) is 1. The normalized spacial score (nSPS) is 13.4. The molecule has 0 radical (unpaired) electrons. The number of nitrogens with one attached hydrogen (secondary N) is 1. The molecule has 3 heterocycles. The molecule has 0 atom stereocenters. The molecule has 6 nitrogen and oxygen atoms in total. The van der Waals surface area contributed by atoms with E-state index in [1.165, 1.54) is 11.8 Å². The van der Waals surface area contributed by atoms with Gasteiger partial charge in [0.15, 0.2) is 11.6 Å². The van der Waals surface area contributed by atoms with Gasteiger partial charge in [0.2, 0.25) is 0 Å². The summed E-state index contributed by atoms with van der Waals surface area (Å²) in [6.45, 7) is 8.80. The van der Waals surface area contributed by atoms with Crippen LogP contribution in [0.5, 0.6) is 0 Å². The molecule has 2 aromatic heterocycles. The van der Waals surface area contributed by atoms with E-state index in [-0.39, 0.29) is 0 Å². The van der Waals surface area contributed by atoms with Gasteiger partial charge < -0.3 is 15.0 Å². The molecule has 0 saturated carbocycles. The van der Waals surface area contributed by atoms with Crippen molar-refractivity contribution in [2.24, 2.45) is 0 Å². The molecule has 1 fully saturated rings. The van der Waals surface area contributed by atoms with E-state index in [4.69, 9.17) is 4.74 Å². The average molecular weight is 395 g/mol. The molecule has 0 unspecified atom stereocenters. The van der Waals surface area contributed by atoms with Gasteiger partial charge in [-0.2, -0.15) is 5.10 Å². The van der Waals surface area contributed by atoms with E-state index >= 15 is 0 Å². The summed E-state index contributed by atoms with van der Waals surface area (Å²) in [6.07, 6.45) is 2.92. The van der Waals surface area contributed by atoms with E-state index in [0.717, 1.165) is 24.2 Å². The van der Waals surface area contributed by atoms with Gasteiger partial charge in [-0.25, -0.2) is 9.37 Å². The second-order valence-electron chi connectivity index (χ2n) is 6.44. The van der Waals surface area contributed by atoms with Crippen LogP contribution in [0.4, 0.5) is 21.7 Å². The lowest BCUT2D eigenvalue weighted by atomic mass is 10.1. The summed E-state index contributed by atoms with van der Waals surface area (Å²) < 4.78 is 19.6. The van der Waals surface area contributed by atoms with Crippen molar-refractivity contribution in [3.8, 4) is 11.1 Å². The maximum atomic E-state index is 14.3. The van der Waals surface area contributed by atoms with E-state index in [0.29, 0.717) is 30.5 Å². The molecule has 0 aliphatic carbocycles. The number of anilines is 3. The van der Waals surface area contributed by atoms with Crippen molar-refractivity contribution in [1.82, 2.24) is 15.2 Å². The van der Waals surface area contributed by atoms with E-state index in [2.05, 4.69) is 25.4 Å². The van der Waals surface area contributed by atoms with Gasteiger partial charge in [0.1, 0.15) is 5.82 Å². The van der Waals surface area contributed by atoms with E-state index in [1.807, 2.05) is 51.1 Å². The highest BCUT2D eigenvalue weighted by Gasteiger charge is 2.15. The number of halogens is 1. The molecule has 0 bridgehead atoms. The van der Waals surface area contributed by atoms with Crippen LogP contribution in [0, 0.1) is 12.7 Å². The monoisotopic (exact) mass is 395 g/mol. The van der Waals surface area contributed by atoms with Crippen molar-refractivity contribution in [2.45, 2.75) is 20.8 Å². The van der Waals surface area contributed by atoms with Gasteiger partial charge in [0.05, 0.1) is 31.3 Å². The van der Waals surface area contributed by atoms with Gasteiger partial charge in [-0.05, 0) is 18.6 Å². The first kappa shape index (κ1) is 20.7. The third-order valence-corrected chi connectivity index (χ3v) is 4.48. The molecule has 1 aromatic carbocycles. The van der Waals surface area contributed by atoms with Crippen LogP contribution >= 0.6 is 0 Å². The van der Waals surface area contributed by atoms with E-state index < -0.39 is 5.82 Å². The molecule has 1 aliphatic heterocycles. The Morgan fingerprint density at radius 3 is 2.45 bits per heavy atom. The fourth-order valence-corrected chi connectivity index (χ4v) is 2.96. The molecule has 3 aromatic rings. The first-order valence-corrected chi connectivity index (χ1v) is 9.84. The fraction of sp³-hybridized carbons (Fsp3) is 0.318. The molecule has 152 valence electrons. The van der Waals surface area contributed by atoms with Crippen molar-refractivity contribution >= 4 is 17.3 Å². The van der Waals surface area contributed by atoms with Crippen LogP contribution in [0.25, 0.3) is 11.1 Å². The minimum Gasteiger partial charge on any atom is -0.378 e. The van der Waals surface area contributed by atoms with Crippen molar-refractivity contribution in [2.75, 3.05) is 36.5 Å². The number of benzene rings is 1. The zero-order valence-corrected chi connectivity index (χ0v) is 17.0. The Labute approximate surface area is 170 Å². The summed E-state index contributed by atoms with van der Waals surface area (Å²) >= 11 is 0. The Morgan fingerprint density at radius 2 is 1.72 bits per heavy atom. The summed E-state index contributed by atoms with van der Waals surface area (Å²) in [6, 6.07) is 11.7. The first-order valence-electron chi connectivity index (χ1n) is 9.84. The molecule has 0 spiro atoms. The summed E-state index contributed by atoms with van der Waals surface area (Å²) in [5, 5.41) is 11.1. The number of aromatic nitrogens is 3. The second kappa shape index (κ2) is 9.93. The number of aryl methyl sites for hydroxylation is 1. The summed E-state index contributed by atoms with van der Waals surface area (Å²) in [5.74, 6) is 0.755. The standard InChI is InChI=1S/C20H20FN5O.C2H6/c1-14-2-4-15(5-3-14)16-10-19(25-23-12-16)24-18-11-20(22-13-17(18)21)26-6-8-27-9-7-26;1-2/h2-5,10-13H,6-9H2,1H3,(H,22,24,25);1-2H3. The van der Waals surface area contributed by atoms with Crippen molar-refractivity contribution in [3.63, 3.8) is 0 Å². The quantitative estimate of drug-likeness (QED) is 0.697. The number of nitrogens with zero attached hydrogens (tertiary/aromatic N) is 4. The summed E-state index contributed by atoms with van der Waals surface area (Å²) in [7, 11) is 0. The predicted molar refractivity (Wildman–Crippen MR) is 114 cm³/mol. The van der Waals surface area contributed by atoms with Gasteiger partial charge in [0.25, 0.3) is 0 Å². The third kappa shape index (κ3) is 5.26. The Morgan fingerprint density at radius 1 is 1.00 bits per heavy atom. The minimum absolute atomic E-state index is 0.321. The van der Waals surface area contributed by atoms with Gasteiger partial charge in [-0.1, -0.05) is 43.7 Å². The zero-order valence-electron chi connectivity index (χ0n) is 17.0. The second-order valence-corrected chi connectivity index (χ2v) is 6.44. The van der Waals surface area contributed by atoms with Gasteiger partial charge >= 0.3 is 0 Å². The predicted octanol–water partition coefficient (Wildman–Crippen LogP) is 4.59.